The molecule has 0 radical (unpaired) electrons. The lowest BCUT2D eigenvalue weighted by Gasteiger charge is -2.27. The van der Waals surface area contributed by atoms with Crippen molar-refractivity contribution in [2.24, 2.45) is 0 Å². The molecule has 0 saturated heterocycles. The number of hydrogen-bond acceptors (Lipinski definition) is 4. The predicted octanol–water partition coefficient (Wildman–Crippen LogP) is 5.41. The molecule has 0 saturated carbocycles. The fourth-order valence-electron chi connectivity index (χ4n) is 4.09. The van der Waals surface area contributed by atoms with Gasteiger partial charge in [-0.05, 0) is 61.0 Å². The number of carbonyl (C=O) groups excluding carboxylic acids is 1. The van der Waals surface area contributed by atoms with Gasteiger partial charge in [0, 0.05) is 28.4 Å². The van der Waals surface area contributed by atoms with E-state index in [9.17, 15) is 9.90 Å². The molecule has 1 unspecified atom stereocenters. The Balaban J connectivity index is 1.72. The smallest absolute Gasteiger partial charge is 0.146 e. The molecular weight excluding hydrogens is 408 g/mol. The normalized spacial score (nSPS) is 15.5. The molecule has 0 aromatic heterocycles. The van der Waals surface area contributed by atoms with Gasteiger partial charge in [-0.3, -0.25) is 0 Å². The SMILES string of the molecule is CN(C)Cc1ccccc1Cc1cccc(C2=C(O)c3ccc(Cl)cc3NC2C=O)c1. The molecule has 0 fully saturated rings. The largest absolute Gasteiger partial charge is 0.507 e. The lowest BCUT2D eigenvalue weighted by Crippen LogP contribution is -2.28. The summed E-state index contributed by atoms with van der Waals surface area (Å²) in [4.78, 5) is 14.0. The minimum Gasteiger partial charge on any atom is -0.507 e. The molecule has 1 aliphatic heterocycles. The van der Waals surface area contributed by atoms with E-state index in [1.165, 1.54) is 11.1 Å². The van der Waals surface area contributed by atoms with Gasteiger partial charge in [-0.15, -0.1) is 0 Å². The van der Waals surface area contributed by atoms with E-state index < -0.39 is 6.04 Å². The van der Waals surface area contributed by atoms with Crippen LogP contribution in [0.3, 0.4) is 0 Å². The second-order valence-electron chi connectivity index (χ2n) is 8.09. The summed E-state index contributed by atoms with van der Waals surface area (Å²) in [5.74, 6) is 0.104. The summed E-state index contributed by atoms with van der Waals surface area (Å²) in [7, 11) is 4.13. The van der Waals surface area contributed by atoms with Crippen LogP contribution in [0.15, 0.2) is 66.7 Å². The van der Waals surface area contributed by atoms with Crippen LogP contribution >= 0.6 is 11.6 Å². The highest BCUT2D eigenvalue weighted by atomic mass is 35.5. The molecule has 4 nitrogen and oxygen atoms in total. The molecule has 0 spiro atoms. The number of aldehydes is 1. The Hall–Kier alpha value is -3.08. The zero-order chi connectivity index (χ0) is 22.0. The van der Waals surface area contributed by atoms with Gasteiger partial charge in [0.1, 0.15) is 18.1 Å². The molecule has 5 heteroatoms. The van der Waals surface area contributed by atoms with E-state index in [1.54, 1.807) is 18.2 Å². The number of aliphatic hydroxyl groups is 1. The van der Waals surface area contributed by atoms with E-state index in [4.69, 9.17) is 11.6 Å². The van der Waals surface area contributed by atoms with Crippen LogP contribution in [-0.2, 0) is 17.8 Å². The van der Waals surface area contributed by atoms with Gasteiger partial charge < -0.3 is 20.1 Å². The van der Waals surface area contributed by atoms with Crippen molar-refractivity contribution in [3.8, 4) is 0 Å². The highest BCUT2D eigenvalue weighted by Crippen LogP contribution is 2.38. The zero-order valence-corrected chi connectivity index (χ0v) is 18.4. The number of anilines is 1. The van der Waals surface area contributed by atoms with E-state index >= 15 is 0 Å². The molecule has 3 aromatic carbocycles. The maximum Gasteiger partial charge on any atom is 0.146 e. The molecule has 0 amide bonds. The second kappa shape index (κ2) is 8.96. The molecule has 2 N–H and O–H groups in total. The van der Waals surface area contributed by atoms with Crippen molar-refractivity contribution in [2.75, 3.05) is 19.4 Å². The molecule has 1 heterocycles. The third-order valence-electron chi connectivity index (χ3n) is 5.49. The van der Waals surface area contributed by atoms with Gasteiger partial charge in [0.05, 0.1) is 0 Å². The van der Waals surface area contributed by atoms with E-state index in [-0.39, 0.29) is 5.76 Å². The van der Waals surface area contributed by atoms with Gasteiger partial charge in [-0.2, -0.15) is 0 Å². The van der Waals surface area contributed by atoms with Crippen LogP contribution in [0.1, 0.15) is 27.8 Å². The Morgan fingerprint density at radius 1 is 1.03 bits per heavy atom. The fraction of sp³-hybridized carbons (Fsp3) is 0.192. The molecule has 4 rings (SSSR count). The molecule has 0 aliphatic carbocycles. The molecule has 0 bridgehead atoms. The maximum atomic E-state index is 11.9. The fourth-order valence-corrected chi connectivity index (χ4v) is 4.26. The van der Waals surface area contributed by atoms with Gasteiger partial charge in [0.2, 0.25) is 0 Å². The Bertz CT molecular complexity index is 1150. The molecule has 31 heavy (non-hydrogen) atoms. The van der Waals surface area contributed by atoms with Crippen molar-refractivity contribution in [1.29, 1.82) is 0 Å². The minimum absolute atomic E-state index is 0.104. The first kappa shape index (κ1) is 21.2. The number of nitrogens with one attached hydrogen (secondary N) is 1. The summed E-state index contributed by atoms with van der Waals surface area (Å²) >= 11 is 6.08. The third kappa shape index (κ3) is 4.50. The summed E-state index contributed by atoms with van der Waals surface area (Å²) < 4.78 is 0. The van der Waals surface area contributed by atoms with Crippen LogP contribution in [0.4, 0.5) is 5.69 Å². The van der Waals surface area contributed by atoms with Crippen LogP contribution < -0.4 is 5.32 Å². The maximum absolute atomic E-state index is 11.9. The van der Waals surface area contributed by atoms with Crippen molar-refractivity contribution in [2.45, 2.75) is 19.0 Å². The summed E-state index contributed by atoms with van der Waals surface area (Å²) in [5.41, 5.74) is 6.36. The number of benzene rings is 3. The topological polar surface area (TPSA) is 52.6 Å². The van der Waals surface area contributed by atoms with Gasteiger partial charge in [0.25, 0.3) is 0 Å². The Morgan fingerprint density at radius 3 is 2.55 bits per heavy atom. The van der Waals surface area contributed by atoms with Crippen molar-refractivity contribution in [3.05, 3.63) is 99.6 Å². The summed E-state index contributed by atoms with van der Waals surface area (Å²) in [5, 5.41) is 14.8. The van der Waals surface area contributed by atoms with Crippen LogP contribution in [-0.4, -0.2) is 36.4 Å². The number of halogens is 1. The van der Waals surface area contributed by atoms with Gasteiger partial charge >= 0.3 is 0 Å². The van der Waals surface area contributed by atoms with E-state index in [1.807, 2.05) is 12.1 Å². The molecular formula is C26H25ClN2O2. The van der Waals surface area contributed by atoms with Gasteiger partial charge in [-0.1, -0.05) is 60.1 Å². The third-order valence-corrected chi connectivity index (χ3v) is 5.72. The Morgan fingerprint density at radius 2 is 1.81 bits per heavy atom. The van der Waals surface area contributed by atoms with Crippen LogP contribution in [0, 0.1) is 0 Å². The summed E-state index contributed by atoms with van der Waals surface area (Å²) in [6.45, 7) is 0.873. The average molecular weight is 433 g/mol. The van der Waals surface area contributed by atoms with Gasteiger partial charge in [0.15, 0.2) is 0 Å². The molecule has 158 valence electrons. The number of aliphatic hydroxyl groups excluding tert-OH is 1. The molecule has 1 aliphatic rings. The lowest BCUT2D eigenvalue weighted by atomic mass is 9.89. The van der Waals surface area contributed by atoms with Gasteiger partial charge in [-0.25, -0.2) is 0 Å². The average Bonchev–Trinajstić information content (AvgIpc) is 2.74. The number of nitrogens with zero attached hydrogens (tertiary/aromatic N) is 1. The second-order valence-corrected chi connectivity index (χ2v) is 8.53. The molecule has 1 atom stereocenters. The standard InChI is InChI=1S/C26H25ClN2O2/c1-29(2)15-20-8-4-3-7-18(20)12-17-6-5-9-19(13-17)25-24(16-30)28-23-14-21(27)10-11-22(23)26(25)31/h3-11,13-14,16,24,28,31H,12,15H2,1-2H3. The summed E-state index contributed by atoms with van der Waals surface area (Å²) in [6.07, 6.45) is 1.59. The summed E-state index contributed by atoms with van der Waals surface area (Å²) in [6, 6.07) is 21.0. The monoisotopic (exact) mass is 432 g/mol. The number of hydrogen-bond donors (Lipinski definition) is 2. The predicted molar refractivity (Wildman–Crippen MR) is 127 cm³/mol. The van der Waals surface area contributed by atoms with Crippen molar-refractivity contribution in [3.63, 3.8) is 0 Å². The quantitative estimate of drug-likeness (QED) is 0.511. The van der Waals surface area contributed by atoms with Crippen molar-refractivity contribution in [1.82, 2.24) is 4.90 Å². The van der Waals surface area contributed by atoms with E-state index in [0.29, 0.717) is 21.8 Å². The van der Waals surface area contributed by atoms with Crippen molar-refractivity contribution >= 4 is 34.9 Å². The Labute approximate surface area is 187 Å². The first-order valence-electron chi connectivity index (χ1n) is 10.2. The number of fused-ring (bicyclic) bond motifs is 1. The Kier molecular flexibility index (Phi) is 6.12. The van der Waals surface area contributed by atoms with Crippen LogP contribution in [0.5, 0.6) is 0 Å². The first-order valence-corrected chi connectivity index (χ1v) is 10.6. The number of carbonyl (C=O) groups is 1. The zero-order valence-electron chi connectivity index (χ0n) is 17.6. The van der Waals surface area contributed by atoms with Crippen LogP contribution in [0.25, 0.3) is 11.3 Å². The number of rotatable bonds is 6. The van der Waals surface area contributed by atoms with Crippen molar-refractivity contribution < 1.29 is 9.90 Å². The van der Waals surface area contributed by atoms with E-state index in [2.05, 4.69) is 60.7 Å². The lowest BCUT2D eigenvalue weighted by molar-refractivity contribution is -0.107. The minimum atomic E-state index is -0.651. The first-order chi connectivity index (χ1) is 15.0. The highest BCUT2D eigenvalue weighted by Gasteiger charge is 2.28. The molecule has 3 aromatic rings. The van der Waals surface area contributed by atoms with Crippen LogP contribution in [0.2, 0.25) is 5.02 Å². The highest BCUT2D eigenvalue weighted by molar-refractivity contribution is 6.31. The van der Waals surface area contributed by atoms with E-state index in [0.717, 1.165) is 30.4 Å².